The number of nitrogens with zero attached hydrogens (tertiary/aromatic N) is 6. The summed E-state index contributed by atoms with van der Waals surface area (Å²) in [6, 6.07) is 3.47. The minimum absolute atomic E-state index is 0.152. The predicted octanol–water partition coefficient (Wildman–Crippen LogP) is 2.79. The molecule has 0 saturated heterocycles. The van der Waals surface area contributed by atoms with E-state index >= 15 is 0 Å². The summed E-state index contributed by atoms with van der Waals surface area (Å²) < 4.78 is 3.79. The number of nitrogens with two attached hydrogens (primary N) is 1. The molecule has 0 radical (unpaired) electrons. The van der Waals surface area contributed by atoms with Gasteiger partial charge < -0.3 is 20.3 Å². The summed E-state index contributed by atoms with van der Waals surface area (Å²) in [5.41, 5.74) is 11.7. The van der Waals surface area contributed by atoms with Crippen LogP contribution >= 0.6 is 0 Å². The lowest BCUT2D eigenvalue weighted by Crippen LogP contribution is -2.38. The van der Waals surface area contributed by atoms with Crippen molar-refractivity contribution in [2.24, 2.45) is 0 Å². The minimum atomic E-state index is -0.200. The number of anilines is 1. The zero-order chi connectivity index (χ0) is 22.7. The van der Waals surface area contributed by atoms with Gasteiger partial charge in [-0.2, -0.15) is 0 Å². The fourth-order valence-corrected chi connectivity index (χ4v) is 4.37. The van der Waals surface area contributed by atoms with Crippen LogP contribution in [0.5, 0.6) is 5.75 Å². The molecule has 9 heteroatoms. The first-order valence-electron chi connectivity index (χ1n) is 10.5. The number of phenolic OH excluding ortho intramolecular Hbond substituents is 1. The van der Waals surface area contributed by atoms with Gasteiger partial charge in [-0.15, -0.1) is 0 Å². The summed E-state index contributed by atoms with van der Waals surface area (Å²) in [4.78, 5) is 29.3. The number of rotatable bonds is 2. The number of carbonyl (C=O) groups excluding carboxylic acids is 1. The Hall–Kier alpha value is -3.88. The highest BCUT2D eigenvalue weighted by Gasteiger charge is 2.31. The maximum Gasteiger partial charge on any atom is 0.260 e. The van der Waals surface area contributed by atoms with Crippen LogP contribution in [0.3, 0.4) is 0 Å². The lowest BCUT2D eigenvalue weighted by Gasteiger charge is -2.27. The van der Waals surface area contributed by atoms with E-state index in [4.69, 9.17) is 15.7 Å². The highest BCUT2D eigenvalue weighted by molar-refractivity contribution is 6.10. The van der Waals surface area contributed by atoms with Crippen LogP contribution in [0.15, 0.2) is 24.5 Å². The standard InChI is InChI=1S/C23H25N7O2/c1-12-5-6-16(31)13(2)20(12)30-21(24)18(19-22(30)27-15(4)14(3)26-19)23(32)29-10-9-28-8-7-25-17(28)11-29/h5-8,31H,9-11,24H2,1-4H3. The molecule has 0 unspecified atom stereocenters. The first-order valence-corrected chi connectivity index (χ1v) is 10.5. The zero-order valence-electron chi connectivity index (χ0n) is 18.5. The fourth-order valence-electron chi connectivity index (χ4n) is 4.37. The number of hydrogen-bond acceptors (Lipinski definition) is 6. The molecule has 1 aliphatic heterocycles. The van der Waals surface area contributed by atoms with Crippen molar-refractivity contribution in [1.29, 1.82) is 0 Å². The largest absolute Gasteiger partial charge is 0.508 e. The van der Waals surface area contributed by atoms with Gasteiger partial charge in [0.2, 0.25) is 0 Å². The van der Waals surface area contributed by atoms with Crippen LogP contribution < -0.4 is 5.73 Å². The summed E-state index contributed by atoms with van der Waals surface area (Å²) in [7, 11) is 0. The van der Waals surface area contributed by atoms with Crippen LogP contribution in [0.1, 0.15) is 38.7 Å². The van der Waals surface area contributed by atoms with Crippen molar-refractivity contribution < 1.29 is 9.90 Å². The topological polar surface area (TPSA) is 115 Å². The van der Waals surface area contributed by atoms with Crippen LogP contribution in [0.2, 0.25) is 0 Å². The molecule has 4 aromatic rings. The Morgan fingerprint density at radius 3 is 2.62 bits per heavy atom. The number of aromatic nitrogens is 5. The summed E-state index contributed by atoms with van der Waals surface area (Å²) >= 11 is 0. The Balaban J connectivity index is 1.75. The van der Waals surface area contributed by atoms with Crippen LogP contribution in [0.4, 0.5) is 5.82 Å². The van der Waals surface area contributed by atoms with Gasteiger partial charge in [0.05, 0.1) is 23.6 Å². The Bertz CT molecular complexity index is 1400. The van der Waals surface area contributed by atoms with E-state index in [0.29, 0.717) is 47.6 Å². The SMILES string of the molecule is Cc1ccc(O)c(C)c1-n1c(N)c(C(=O)N2CCn3ccnc3C2)c2nc(C)c(C)nc21. The number of amides is 1. The lowest BCUT2D eigenvalue weighted by atomic mass is 10.1. The number of hydrogen-bond donors (Lipinski definition) is 2. The summed E-state index contributed by atoms with van der Waals surface area (Å²) in [6.07, 6.45) is 3.66. The molecule has 0 atom stereocenters. The number of nitrogen functional groups attached to an aromatic ring is 1. The smallest absolute Gasteiger partial charge is 0.260 e. The Morgan fingerprint density at radius 1 is 1.09 bits per heavy atom. The number of aromatic hydroxyl groups is 1. The van der Waals surface area contributed by atoms with Crippen LogP contribution in [-0.4, -0.2) is 46.5 Å². The van der Waals surface area contributed by atoms with Crippen molar-refractivity contribution in [3.05, 3.63) is 58.4 Å². The maximum atomic E-state index is 13.7. The number of aryl methyl sites for hydroxylation is 3. The Morgan fingerprint density at radius 2 is 1.84 bits per heavy atom. The average molecular weight is 432 g/mol. The first-order chi connectivity index (χ1) is 15.3. The van der Waals surface area contributed by atoms with Gasteiger partial charge in [0, 0.05) is 31.0 Å². The molecule has 32 heavy (non-hydrogen) atoms. The number of benzene rings is 1. The van der Waals surface area contributed by atoms with Crippen molar-refractivity contribution in [3.63, 3.8) is 0 Å². The molecule has 0 saturated carbocycles. The summed E-state index contributed by atoms with van der Waals surface area (Å²) in [5.74, 6) is 1.05. The summed E-state index contributed by atoms with van der Waals surface area (Å²) in [5, 5.41) is 10.4. The number of phenols is 1. The molecule has 9 nitrogen and oxygen atoms in total. The second-order valence-electron chi connectivity index (χ2n) is 8.30. The second kappa shape index (κ2) is 7.08. The summed E-state index contributed by atoms with van der Waals surface area (Å²) in [6.45, 7) is 9.14. The van der Waals surface area contributed by atoms with Gasteiger partial charge in [0.25, 0.3) is 5.91 Å². The second-order valence-corrected chi connectivity index (χ2v) is 8.30. The highest BCUT2D eigenvalue weighted by atomic mass is 16.3. The monoisotopic (exact) mass is 431 g/mol. The number of fused-ring (bicyclic) bond motifs is 2. The van der Waals surface area contributed by atoms with Crippen molar-refractivity contribution in [1.82, 2.24) is 29.0 Å². The van der Waals surface area contributed by atoms with Gasteiger partial charge in [-0.05, 0) is 39.3 Å². The van der Waals surface area contributed by atoms with Gasteiger partial charge in [0.15, 0.2) is 5.65 Å². The first kappa shape index (κ1) is 20.0. The molecule has 0 aliphatic carbocycles. The van der Waals surface area contributed by atoms with Gasteiger partial charge in [-0.1, -0.05) is 6.07 Å². The van der Waals surface area contributed by atoms with E-state index in [0.717, 1.165) is 22.8 Å². The van der Waals surface area contributed by atoms with Crippen molar-refractivity contribution in [2.45, 2.75) is 40.8 Å². The molecule has 1 aliphatic rings. The molecule has 1 aromatic carbocycles. The highest BCUT2D eigenvalue weighted by Crippen LogP contribution is 2.36. The molecular weight excluding hydrogens is 406 g/mol. The van der Waals surface area contributed by atoms with Crippen LogP contribution in [-0.2, 0) is 13.1 Å². The normalized spacial score (nSPS) is 13.6. The third-order valence-electron chi connectivity index (χ3n) is 6.31. The van der Waals surface area contributed by atoms with E-state index in [9.17, 15) is 9.90 Å². The molecule has 164 valence electrons. The molecular formula is C23H25N7O2. The van der Waals surface area contributed by atoms with Gasteiger partial charge in [-0.3, -0.25) is 9.36 Å². The molecule has 0 spiro atoms. The minimum Gasteiger partial charge on any atom is -0.508 e. The van der Waals surface area contributed by atoms with Crippen LogP contribution in [0.25, 0.3) is 16.9 Å². The molecule has 4 heterocycles. The quantitative estimate of drug-likeness (QED) is 0.504. The van der Waals surface area contributed by atoms with Gasteiger partial charge in [-0.25, -0.2) is 15.0 Å². The van der Waals surface area contributed by atoms with E-state index in [1.807, 2.05) is 44.5 Å². The van der Waals surface area contributed by atoms with E-state index in [-0.39, 0.29) is 17.5 Å². The van der Waals surface area contributed by atoms with Gasteiger partial charge >= 0.3 is 0 Å². The Labute approximate surface area is 185 Å². The molecule has 5 rings (SSSR count). The third kappa shape index (κ3) is 2.84. The van der Waals surface area contributed by atoms with Crippen molar-refractivity contribution >= 4 is 22.9 Å². The lowest BCUT2D eigenvalue weighted by molar-refractivity contribution is 0.0710. The average Bonchev–Trinajstić information content (AvgIpc) is 3.33. The third-order valence-corrected chi connectivity index (χ3v) is 6.31. The van der Waals surface area contributed by atoms with E-state index < -0.39 is 0 Å². The molecule has 3 aromatic heterocycles. The molecule has 0 fully saturated rings. The molecule has 1 amide bonds. The number of carbonyl (C=O) groups is 1. The van der Waals surface area contributed by atoms with E-state index in [2.05, 4.69) is 4.98 Å². The van der Waals surface area contributed by atoms with Crippen molar-refractivity contribution in [3.8, 4) is 11.4 Å². The van der Waals surface area contributed by atoms with Crippen molar-refractivity contribution in [2.75, 3.05) is 12.3 Å². The maximum absolute atomic E-state index is 13.7. The zero-order valence-corrected chi connectivity index (χ0v) is 18.5. The van der Waals surface area contributed by atoms with E-state index in [1.54, 1.807) is 21.7 Å². The fraction of sp³-hybridized carbons (Fsp3) is 0.304. The predicted molar refractivity (Wildman–Crippen MR) is 121 cm³/mol. The molecule has 0 bridgehead atoms. The van der Waals surface area contributed by atoms with E-state index in [1.165, 1.54) is 0 Å². The number of imidazole rings is 1. The van der Waals surface area contributed by atoms with Crippen LogP contribution in [0, 0.1) is 27.7 Å². The van der Waals surface area contributed by atoms with Gasteiger partial charge in [0.1, 0.15) is 28.5 Å². The molecule has 3 N–H and O–H groups in total. The Kier molecular flexibility index (Phi) is 4.44.